The molecular formula is C18H16Cl2N4O3S2. The Balaban J connectivity index is 1.64. The van der Waals surface area contributed by atoms with Gasteiger partial charge in [0.1, 0.15) is 11.6 Å². The Morgan fingerprint density at radius 3 is 2.55 bits per heavy atom. The second-order valence-corrected chi connectivity index (χ2v) is 9.69. The summed E-state index contributed by atoms with van der Waals surface area (Å²) in [5.74, 6) is -0.263. The quantitative estimate of drug-likeness (QED) is 0.527. The first-order chi connectivity index (χ1) is 13.8. The number of thioether (sulfide) groups is 1. The van der Waals surface area contributed by atoms with E-state index in [-0.39, 0.29) is 33.2 Å². The van der Waals surface area contributed by atoms with Gasteiger partial charge in [-0.25, -0.2) is 8.42 Å². The van der Waals surface area contributed by atoms with Crippen LogP contribution in [0.4, 0.5) is 5.69 Å². The van der Waals surface area contributed by atoms with Gasteiger partial charge >= 0.3 is 0 Å². The molecule has 1 heterocycles. The van der Waals surface area contributed by atoms with Crippen molar-refractivity contribution < 1.29 is 13.2 Å². The van der Waals surface area contributed by atoms with E-state index >= 15 is 0 Å². The van der Waals surface area contributed by atoms with Crippen molar-refractivity contribution in [2.24, 2.45) is 7.05 Å². The number of carbonyl (C=O) groups excluding carboxylic acids is 1. The number of aromatic nitrogens is 3. The summed E-state index contributed by atoms with van der Waals surface area (Å²) in [7, 11) is -1.89. The molecular weight excluding hydrogens is 455 g/mol. The SMILES string of the molecule is Cn1c(CS(=O)(=O)c2ccccc2)nnc1SCC(=O)Nc1cccc(Cl)c1Cl. The van der Waals surface area contributed by atoms with Crippen molar-refractivity contribution in [2.75, 3.05) is 11.1 Å². The topological polar surface area (TPSA) is 93.9 Å². The number of nitrogens with zero attached hydrogens (tertiary/aromatic N) is 3. The molecule has 0 aliphatic carbocycles. The van der Waals surface area contributed by atoms with Gasteiger partial charge in [0.15, 0.2) is 15.0 Å². The Morgan fingerprint density at radius 1 is 1.10 bits per heavy atom. The van der Waals surface area contributed by atoms with Crippen LogP contribution in [0.1, 0.15) is 5.82 Å². The van der Waals surface area contributed by atoms with Crippen LogP contribution in [0, 0.1) is 0 Å². The minimum absolute atomic E-state index is 0.0419. The van der Waals surface area contributed by atoms with Crippen LogP contribution in [0.15, 0.2) is 58.6 Å². The molecule has 0 aliphatic rings. The summed E-state index contributed by atoms with van der Waals surface area (Å²) in [6.45, 7) is 0. The largest absolute Gasteiger partial charge is 0.324 e. The summed E-state index contributed by atoms with van der Waals surface area (Å²) in [4.78, 5) is 12.4. The second kappa shape index (κ2) is 9.17. The van der Waals surface area contributed by atoms with Gasteiger partial charge in [0, 0.05) is 7.05 Å². The molecule has 0 saturated carbocycles. The van der Waals surface area contributed by atoms with Gasteiger partial charge in [0.05, 0.1) is 26.4 Å². The van der Waals surface area contributed by atoms with E-state index in [1.807, 2.05) is 0 Å². The van der Waals surface area contributed by atoms with Crippen LogP contribution in [-0.2, 0) is 27.4 Å². The number of anilines is 1. The van der Waals surface area contributed by atoms with Gasteiger partial charge < -0.3 is 9.88 Å². The number of benzene rings is 2. The zero-order chi connectivity index (χ0) is 21.0. The van der Waals surface area contributed by atoms with E-state index < -0.39 is 9.84 Å². The highest BCUT2D eigenvalue weighted by Crippen LogP contribution is 2.29. The van der Waals surface area contributed by atoms with E-state index in [1.54, 1.807) is 48.0 Å². The highest BCUT2D eigenvalue weighted by Gasteiger charge is 2.20. The smallest absolute Gasteiger partial charge is 0.234 e. The molecule has 0 unspecified atom stereocenters. The number of rotatable bonds is 7. The molecule has 1 amide bonds. The van der Waals surface area contributed by atoms with Crippen molar-refractivity contribution in [3.63, 3.8) is 0 Å². The van der Waals surface area contributed by atoms with Gasteiger partial charge in [-0.2, -0.15) is 0 Å². The predicted molar refractivity (Wildman–Crippen MR) is 114 cm³/mol. The molecule has 152 valence electrons. The van der Waals surface area contributed by atoms with Crippen LogP contribution in [-0.4, -0.2) is 34.8 Å². The number of hydrogen-bond acceptors (Lipinski definition) is 6. The fourth-order valence-electron chi connectivity index (χ4n) is 2.39. The maximum Gasteiger partial charge on any atom is 0.234 e. The molecule has 3 aromatic rings. The van der Waals surface area contributed by atoms with Crippen LogP contribution < -0.4 is 5.32 Å². The standard InChI is InChI=1S/C18H16Cl2N4O3S2/c1-24-15(11-29(26,27)12-6-3-2-4-7-12)22-23-18(24)28-10-16(25)21-14-9-5-8-13(19)17(14)20/h2-9H,10-11H2,1H3,(H,21,25). The van der Waals surface area contributed by atoms with E-state index in [9.17, 15) is 13.2 Å². The molecule has 3 rings (SSSR count). The zero-order valence-corrected chi connectivity index (χ0v) is 18.3. The highest BCUT2D eigenvalue weighted by atomic mass is 35.5. The normalized spacial score (nSPS) is 11.4. The maximum absolute atomic E-state index is 12.5. The predicted octanol–water partition coefficient (Wildman–Crippen LogP) is 3.83. The lowest BCUT2D eigenvalue weighted by molar-refractivity contribution is -0.113. The van der Waals surface area contributed by atoms with E-state index in [1.165, 1.54) is 12.1 Å². The highest BCUT2D eigenvalue weighted by molar-refractivity contribution is 7.99. The third kappa shape index (κ3) is 5.30. The molecule has 0 spiro atoms. The van der Waals surface area contributed by atoms with E-state index in [0.717, 1.165) is 11.8 Å². The molecule has 29 heavy (non-hydrogen) atoms. The number of halogens is 2. The van der Waals surface area contributed by atoms with Crippen LogP contribution in [0.25, 0.3) is 0 Å². The minimum atomic E-state index is -3.54. The number of amides is 1. The molecule has 0 bridgehead atoms. The maximum atomic E-state index is 12.5. The molecule has 7 nitrogen and oxygen atoms in total. The van der Waals surface area contributed by atoms with Gasteiger partial charge in [0.25, 0.3) is 0 Å². The van der Waals surface area contributed by atoms with Crippen molar-refractivity contribution in [1.82, 2.24) is 14.8 Å². The van der Waals surface area contributed by atoms with Crippen LogP contribution in [0.3, 0.4) is 0 Å². The third-order valence-electron chi connectivity index (χ3n) is 3.90. The summed E-state index contributed by atoms with van der Waals surface area (Å²) in [6.07, 6.45) is 0. The fourth-order valence-corrected chi connectivity index (χ4v) is 4.80. The molecule has 2 aromatic carbocycles. The lowest BCUT2D eigenvalue weighted by Gasteiger charge is -2.08. The van der Waals surface area contributed by atoms with Crippen molar-refractivity contribution >= 4 is 56.4 Å². The molecule has 11 heteroatoms. The Morgan fingerprint density at radius 2 is 1.83 bits per heavy atom. The average Bonchev–Trinajstić information content (AvgIpc) is 3.03. The van der Waals surface area contributed by atoms with Crippen molar-refractivity contribution in [2.45, 2.75) is 15.8 Å². The first kappa shape index (κ1) is 21.6. The van der Waals surface area contributed by atoms with E-state index in [2.05, 4.69) is 15.5 Å². The Kier molecular flexibility index (Phi) is 6.84. The van der Waals surface area contributed by atoms with Crippen molar-refractivity contribution in [1.29, 1.82) is 0 Å². The van der Waals surface area contributed by atoms with Crippen molar-refractivity contribution in [3.05, 3.63) is 64.4 Å². The molecule has 1 aromatic heterocycles. The van der Waals surface area contributed by atoms with Gasteiger partial charge in [-0.3, -0.25) is 4.79 Å². The molecule has 0 atom stereocenters. The summed E-state index contributed by atoms with van der Waals surface area (Å²) in [6, 6.07) is 13.1. The number of sulfone groups is 1. The molecule has 0 saturated heterocycles. The number of hydrogen-bond donors (Lipinski definition) is 1. The van der Waals surface area contributed by atoms with Crippen molar-refractivity contribution in [3.8, 4) is 0 Å². The molecule has 0 fully saturated rings. The van der Waals surface area contributed by atoms with Crippen LogP contribution in [0.5, 0.6) is 0 Å². The summed E-state index contributed by atoms with van der Waals surface area (Å²) >= 11 is 13.1. The Hall–Kier alpha value is -2.07. The minimum Gasteiger partial charge on any atom is -0.324 e. The number of nitrogens with one attached hydrogen (secondary N) is 1. The zero-order valence-electron chi connectivity index (χ0n) is 15.2. The summed E-state index contributed by atoms with van der Waals surface area (Å²) in [5, 5.41) is 11.7. The van der Waals surface area contributed by atoms with Gasteiger partial charge in [-0.15, -0.1) is 10.2 Å². The number of carbonyl (C=O) groups is 1. The summed E-state index contributed by atoms with van der Waals surface area (Å²) < 4.78 is 26.6. The van der Waals surface area contributed by atoms with Gasteiger partial charge in [-0.1, -0.05) is 59.2 Å². The molecule has 0 aliphatic heterocycles. The fraction of sp³-hybridized carbons (Fsp3) is 0.167. The average molecular weight is 471 g/mol. The van der Waals surface area contributed by atoms with E-state index in [0.29, 0.717) is 15.9 Å². The van der Waals surface area contributed by atoms with Gasteiger partial charge in [0.2, 0.25) is 5.91 Å². The second-order valence-electron chi connectivity index (χ2n) is 5.97. The lowest BCUT2D eigenvalue weighted by atomic mass is 10.3. The van der Waals surface area contributed by atoms with Gasteiger partial charge in [-0.05, 0) is 24.3 Å². The van der Waals surface area contributed by atoms with Crippen LogP contribution in [0.2, 0.25) is 10.0 Å². The van der Waals surface area contributed by atoms with Crippen LogP contribution >= 0.6 is 35.0 Å². The first-order valence-corrected chi connectivity index (χ1v) is 11.7. The molecule has 0 radical (unpaired) electrons. The van der Waals surface area contributed by atoms with E-state index in [4.69, 9.17) is 23.2 Å². The third-order valence-corrected chi connectivity index (χ3v) is 7.37. The molecule has 1 N–H and O–H groups in total. The Bertz CT molecular complexity index is 1140. The summed E-state index contributed by atoms with van der Waals surface area (Å²) in [5.41, 5.74) is 0.414. The Labute approximate surface area is 182 Å². The first-order valence-electron chi connectivity index (χ1n) is 8.30. The monoisotopic (exact) mass is 470 g/mol. The lowest BCUT2D eigenvalue weighted by Crippen LogP contribution is -2.15.